The first kappa shape index (κ1) is 6.14. The number of hydrogen-bond acceptors (Lipinski definition) is 2. The van der Waals surface area contributed by atoms with E-state index in [2.05, 4.69) is 11.7 Å². The average Bonchev–Trinajstić information content (AvgIpc) is 0.722. The van der Waals surface area contributed by atoms with E-state index in [1.165, 1.54) is 0 Å². The van der Waals surface area contributed by atoms with Gasteiger partial charge in [0.25, 0.3) is 0 Å². The molecule has 0 amide bonds. The maximum atomic E-state index is 8.46. The van der Waals surface area contributed by atoms with Crippen LogP contribution in [0.25, 0.3) is 0 Å². The van der Waals surface area contributed by atoms with Crippen LogP contribution < -0.4 is 0 Å². The first-order valence-corrected chi connectivity index (χ1v) is 6.52. The Morgan fingerprint density at radius 1 is 2.00 bits per heavy atom. The fourth-order valence-electron chi connectivity index (χ4n) is 0. The third-order valence-electron chi connectivity index (χ3n) is 0. The van der Waals surface area contributed by atoms with Crippen molar-refractivity contribution in [3.05, 3.63) is 0 Å². The molecule has 0 rings (SSSR count). The molecule has 0 aromatic carbocycles. The van der Waals surface area contributed by atoms with Crippen molar-refractivity contribution < 1.29 is 0 Å². The van der Waals surface area contributed by atoms with Gasteiger partial charge in [-0.25, -0.2) is 4.61 Å². The smallest absolute Gasteiger partial charge is 0.0307 e. The molecule has 1 atom stereocenters. The molecule has 0 heterocycles. The number of thiol groups is 1. The molecule has 5 heavy (non-hydrogen) atoms. The van der Waals surface area contributed by atoms with Crippen molar-refractivity contribution in [2.45, 2.75) is 0 Å². The Morgan fingerprint density at radius 3 is 2.00 bits per heavy atom. The molecule has 4 heteroatoms. The first-order chi connectivity index (χ1) is 2.00. The lowest BCUT2D eigenvalue weighted by molar-refractivity contribution is 1.66. The molecule has 0 fully saturated rings. The summed E-state index contributed by atoms with van der Waals surface area (Å²) >= 11 is 5.63. The Kier molecular flexibility index (Phi) is 2.12. The van der Waals surface area contributed by atoms with Crippen molar-refractivity contribution in [2.24, 2.45) is 0 Å². The highest BCUT2D eigenvalue weighted by molar-refractivity contribution is 14.2. The SMILES string of the molecule is CS(#N)(S)I. The minimum Gasteiger partial charge on any atom is -0.210 e. The highest BCUT2D eigenvalue weighted by Gasteiger charge is 1.83. The van der Waals surface area contributed by atoms with Gasteiger partial charge in [-0.15, -0.1) is 0 Å². The first-order valence-electron chi connectivity index (χ1n) is 0.928. The van der Waals surface area contributed by atoms with Gasteiger partial charge in [-0.2, -0.15) is 0 Å². The third kappa shape index (κ3) is 39.0. The standard InChI is InChI=1S/CH4INS2/c1-5(2,3)4/h4H,1H3. The Morgan fingerprint density at radius 2 is 2.00 bits per heavy atom. The van der Waals surface area contributed by atoms with Gasteiger partial charge in [0.05, 0.1) is 0 Å². The molecule has 0 aromatic rings. The maximum absolute atomic E-state index is 8.46. The van der Waals surface area contributed by atoms with E-state index in [4.69, 9.17) is 4.61 Å². The zero-order valence-electron chi connectivity index (χ0n) is 2.68. The van der Waals surface area contributed by atoms with E-state index in [0.29, 0.717) is 0 Å². The lowest BCUT2D eigenvalue weighted by Gasteiger charge is -1.83. The molecule has 0 aliphatic carbocycles. The summed E-state index contributed by atoms with van der Waals surface area (Å²) in [7, 11) is 0. The fourth-order valence-corrected chi connectivity index (χ4v) is 0. The number of halogens is 1. The van der Waals surface area contributed by atoms with Gasteiger partial charge in [0.2, 0.25) is 0 Å². The van der Waals surface area contributed by atoms with Gasteiger partial charge >= 0.3 is 0 Å². The summed E-state index contributed by atoms with van der Waals surface area (Å²) in [5.74, 6) is -1.50. The van der Waals surface area contributed by atoms with Crippen LogP contribution in [0.3, 0.4) is 0 Å². The Balaban J connectivity index is 3.66. The molecule has 1 nitrogen and oxygen atoms in total. The summed E-state index contributed by atoms with van der Waals surface area (Å²) in [5.41, 5.74) is 0. The molecule has 0 radical (unpaired) electrons. The average molecular weight is 221 g/mol. The van der Waals surface area contributed by atoms with E-state index in [9.17, 15) is 0 Å². The van der Waals surface area contributed by atoms with Crippen molar-refractivity contribution in [2.75, 3.05) is 6.26 Å². The van der Waals surface area contributed by atoms with E-state index < -0.39 is 5.86 Å². The van der Waals surface area contributed by atoms with E-state index >= 15 is 0 Å². The van der Waals surface area contributed by atoms with Gasteiger partial charge in [-0.05, 0) is 0 Å². The van der Waals surface area contributed by atoms with Crippen LogP contribution in [0.5, 0.6) is 0 Å². The van der Waals surface area contributed by atoms with Gasteiger partial charge in [0.1, 0.15) is 0 Å². The lowest BCUT2D eigenvalue weighted by Crippen LogP contribution is -1.38. The monoisotopic (exact) mass is 221 g/mol. The fraction of sp³-hybridized carbons (Fsp3) is 1.00. The van der Waals surface area contributed by atoms with Crippen LogP contribution in [-0.2, 0) is 0 Å². The molecule has 0 saturated carbocycles. The van der Waals surface area contributed by atoms with E-state index in [1.54, 1.807) is 6.26 Å². The van der Waals surface area contributed by atoms with Gasteiger partial charge in [0.15, 0.2) is 0 Å². The largest absolute Gasteiger partial charge is 0.210 e. The van der Waals surface area contributed by atoms with Crippen LogP contribution in [0, 0.1) is 4.61 Å². The molecule has 0 spiro atoms. The van der Waals surface area contributed by atoms with Crippen LogP contribution in [-0.4, -0.2) is 6.26 Å². The van der Waals surface area contributed by atoms with Crippen molar-refractivity contribution in [3.63, 3.8) is 0 Å². The lowest BCUT2D eigenvalue weighted by atomic mass is 12.0. The molecule has 0 saturated heterocycles. The van der Waals surface area contributed by atoms with Crippen LogP contribution in [0.1, 0.15) is 0 Å². The molecule has 0 aliphatic rings. The molecule has 0 aromatic heterocycles. The zero-order valence-corrected chi connectivity index (χ0v) is 6.55. The summed E-state index contributed by atoms with van der Waals surface area (Å²) in [5, 5.41) is 0. The number of nitrogens with zero attached hydrogens (tertiary/aromatic N) is 1. The maximum Gasteiger partial charge on any atom is 0.0307 e. The van der Waals surface area contributed by atoms with Crippen LogP contribution in [0.15, 0.2) is 0 Å². The van der Waals surface area contributed by atoms with Crippen molar-refractivity contribution in [1.29, 1.82) is 4.61 Å². The molecule has 32 valence electrons. The third-order valence-corrected chi connectivity index (χ3v) is 0. The molecular formula is CH4INS2. The second kappa shape index (κ2) is 1.73. The van der Waals surface area contributed by atoms with Crippen LogP contribution in [0.2, 0.25) is 0 Å². The molecular weight excluding hydrogens is 217 g/mol. The molecule has 1 unspecified atom stereocenters. The normalized spacial score (nSPS) is 21.2. The number of rotatable bonds is 0. The number of hydrogen-bond donors (Lipinski definition) is 1. The molecule has 0 N–H and O–H groups in total. The van der Waals surface area contributed by atoms with Crippen molar-refractivity contribution >= 4 is 38.7 Å². The topological polar surface area (TPSA) is 23.8 Å². The van der Waals surface area contributed by atoms with Gasteiger partial charge in [0, 0.05) is 33.3 Å². The van der Waals surface area contributed by atoms with Gasteiger partial charge < -0.3 is 0 Å². The summed E-state index contributed by atoms with van der Waals surface area (Å²) in [6.45, 7) is 0. The van der Waals surface area contributed by atoms with Crippen LogP contribution >= 0.6 is 38.7 Å². The summed E-state index contributed by atoms with van der Waals surface area (Å²) in [4.78, 5) is 0. The Bertz CT molecular complexity index is 88.8. The highest BCUT2D eigenvalue weighted by atomic mass is 127. The minimum atomic E-state index is -1.50. The van der Waals surface area contributed by atoms with Gasteiger partial charge in [-0.3, -0.25) is 0 Å². The van der Waals surface area contributed by atoms with E-state index in [-0.39, 0.29) is 0 Å². The second-order valence-corrected chi connectivity index (χ2v) is 11.6. The van der Waals surface area contributed by atoms with Crippen LogP contribution in [0.4, 0.5) is 0 Å². The van der Waals surface area contributed by atoms with Crippen molar-refractivity contribution in [1.82, 2.24) is 0 Å². The Labute approximate surface area is 49.5 Å². The predicted octanol–water partition coefficient (Wildman–Crippen LogP) is 2.09. The second-order valence-electron chi connectivity index (χ2n) is 0.739. The molecule has 0 bridgehead atoms. The highest BCUT2D eigenvalue weighted by Crippen LogP contribution is 2.40. The van der Waals surface area contributed by atoms with E-state index in [1.807, 2.05) is 21.2 Å². The Hall–Kier alpha value is 1.14. The molecule has 0 aliphatic heterocycles. The van der Waals surface area contributed by atoms with Gasteiger partial charge in [-0.1, -0.05) is 11.7 Å². The van der Waals surface area contributed by atoms with Crippen molar-refractivity contribution in [3.8, 4) is 0 Å². The van der Waals surface area contributed by atoms with E-state index in [0.717, 1.165) is 0 Å². The quantitative estimate of drug-likeness (QED) is 0.378. The minimum absolute atomic E-state index is 1.50. The zero-order chi connectivity index (χ0) is 4.50. The summed E-state index contributed by atoms with van der Waals surface area (Å²) in [6.07, 6.45) is 1.68. The summed E-state index contributed by atoms with van der Waals surface area (Å²) < 4.78 is 8.46. The predicted molar refractivity (Wildman–Crippen MR) is 38.2 cm³/mol. The summed E-state index contributed by atoms with van der Waals surface area (Å²) in [6, 6.07) is 0.